The molecule has 0 aliphatic carbocycles. The molecule has 2 rings (SSSR count). The average Bonchev–Trinajstić information content (AvgIpc) is 2.67. The van der Waals surface area contributed by atoms with E-state index in [0.29, 0.717) is 24.6 Å². The monoisotopic (exact) mass is 412 g/mol. The first kappa shape index (κ1) is 22.4. The van der Waals surface area contributed by atoms with Gasteiger partial charge < -0.3 is 14.8 Å². The van der Waals surface area contributed by atoms with Gasteiger partial charge in [0.05, 0.1) is 48.1 Å². The van der Waals surface area contributed by atoms with Gasteiger partial charge in [-0.3, -0.25) is 0 Å². The topological polar surface area (TPSA) is 71.4 Å². The normalized spacial score (nSPS) is 17.1. The van der Waals surface area contributed by atoms with Crippen LogP contribution in [0.3, 0.4) is 0 Å². The number of halogens is 4. The van der Waals surface area contributed by atoms with Crippen LogP contribution in [-0.2, 0) is 20.4 Å². The number of dihydropyridines is 1. The highest BCUT2D eigenvalue weighted by molar-refractivity contribution is 5.93. The van der Waals surface area contributed by atoms with Crippen LogP contribution in [0.2, 0.25) is 0 Å². The van der Waals surface area contributed by atoms with Gasteiger partial charge in [-0.1, -0.05) is 19.4 Å². The molecule has 1 aromatic rings. The maximum Gasteiger partial charge on any atom is 0.416 e. The van der Waals surface area contributed by atoms with E-state index in [1.807, 2.05) is 13.0 Å². The number of hydrogen-bond donors (Lipinski definition) is 1. The van der Waals surface area contributed by atoms with Crippen LogP contribution in [0.15, 0.2) is 40.7 Å². The van der Waals surface area contributed by atoms with E-state index in [9.17, 15) is 27.6 Å². The lowest BCUT2D eigenvalue weighted by atomic mass is 9.78. The lowest BCUT2D eigenvalue weighted by Gasteiger charge is -2.31. The summed E-state index contributed by atoms with van der Waals surface area (Å²) in [5.41, 5.74) is -1.31. The Hall–Kier alpha value is -2.86. The van der Waals surface area contributed by atoms with E-state index in [1.165, 1.54) is 7.11 Å². The number of carbonyl (C=O) groups excluding carboxylic acids is 1. The van der Waals surface area contributed by atoms with Crippen molar-refractivity contribution in [2.24, 2.45) is 0 Å². The quantitative estimate of drug-likeness (QED) is 0.561. The predicted molar refractivity (Wildman–Crippen MR) is 95.7 cm³/mol. The number of ether oxygens (including phenoxy) is 2. The number of methoxy groups -OCH3 is 2. The zero-order chi connectivity index (χ0) is 21.8. The molecule has 0 spiro atoms. The molecular weight excluding hydrogens is 392 g/mol. The van der Waals surface area contributed by atoms with E-state index < -0.39 is 35.0 Å². The fourth-order valence-corrected chi connectivity index (χ4v) is 3.33. The maximum absolute atomic E-state index is 13.7. The molecule has 0 amide bonds. The minimum atomic E-state index is -4.89. The van der Waals surface area contributed by atoms with Crippen molar-refractivity contribution in [3.05, 3.63) is 57.7 Å². The average molecular weight is 412 g/mol. The number of benzene rings is 1. The third-order valence-corrected chi connectivity index (χ3v) is 4.48. The van der Waals surface area contributed by atoms with Gasteiger partial charge >= 0.3 is 12.1 Å². The van der Waals surface area contributed by atoms with E-state index in [-0.39, 0.29) is 23.5 Å². The summed E-state index contributed by atoms with van der Waals surface area (Å²) in [6.45, 7) is 1.72. The van der Waals surface area contributed by atoms with Crippen LogP contribution < -0.4 is 5.32 Å². The first-order valence-corrected chi connectivity index (χ1v) is 8.76. The van der Waals surface area contributed by atoms with Crippen LogP contribution in [0.4, 0.5) is 17.6 Å². The molecule has 1 atom stereocenters. The van der Waals surface area contributed by atoms with E-state index in [0.717, 1.165) is 19.2 Å². The summed E-state index contributed by atoms with van der Waals surface area (Å²) in [6, 6.07) is 4.10. The highest BCUT2D eigenvalue weighted by Crippen LogP contribution is 2.44. The molecule has 0 aromatic heterocycles. The van der Waals surface area contributed by atoms with Gasteiger partial charge in [-0.25, -0.2) is 9.18 Å². The van der Waals surface area contributed by atoms with E-state index in [2.05, 4.69) is 5.32 Å². The summed E-state index contributed by atoms with van der Waals surface area (Å²) >= 11 is 0. The molecule has 1 heterocycles. The zero-order valence-corrected chi connectivity index (χ0v) is 16.1. The number of nitrogens with zero attached hydrogens (tertiary/aromatic N) is 1. The van der Waals surface area contributed by atoms with Crippen molar-refractivity contribution < 1.29 is 31.8 Å². The zero-order valence-electron chi connectivity index (χ0n) is 16.1. The molecular formula is C20H20F4N2O3. The van der Waals surface area contributed by atoms with Crippen molar-refractivity contribution in [2.75, 3.05) is 20.8 Å². The first-order chi connectivity index (χ1) is 13.7. The van der Waals surface area contributed by atoms with Gasteiger partial charge in [0.1, 0.15) is 5.82 Å². The molecule has 1 aromatic carbocycles. The number of hydrogen-bond acceptors (Lipinski definition) is 5. The van der Waals surface area contributed by atoms with Gasteiger partial charge in [0.2, 0.25) is 0 Å². The number of allylic oxidation sites excluding steroid dienone is 2. The molecule has 1 unspecified atom stereocenters. The Morgan fingerprint density at radius 1 is 1.28 bits per heavy atom. The smallest absolute Gasteiger partial charge is 0.416 e. The lowest BCUT2D eigenvalue weighted by Crippen LogP contribution is -2.33. The predicted octanol–water partition coefficient (Wildman–Crippen LogP) is 4.18. The van der Waals surface area contributed by atoms with Gasteiger partial charge in [-0.15, -0.1) is 0 Å². The summed E-state index contributed by atoms with van der Waals surface area (Å²) in [6.07, 6.45) is -3.93. The first-order valence-electron chi connectivity index (χ1n) is 8.76. The second kappa shape index (κ2) is 9.09. The molecule has 9 heteroatoms. The van der Waals surface area contributed by atoms with E-state index >= 15 is 0 Å². The molecule has 0 bridgehead atoms. The Kier molecular flexibility index (Phi) is 7.03. The van der Waals surface area contributed by atoms with Crippen LogP contribution in [-0.4, -0.2) is 26.8 Å². The van der Waals surface area contributed by atoms with Gasteiger partial charge in [-0.2, -0.15) is 18.4 Å². The second-order valence-corrected chi connectivity index (χ2v) is 6.36. The molecule has 156 valence electrons. The molecule has 0 saturated heterocycles. The maximum atomic E-state index is 13.7. The molecule has 1 aliphatic rings. The summed E-state index contributed by atoms with van der Waals surface area (Å²) in [7, 11) is 2.45. The third-order valence-electron chi connectivity index (χ3n) is 4.48. The van der Waals surface area contributed by atoms with Crippen molar-refractivity contribution in [3.8, 4) is 6.07 Å². The molecule has 1 aliphatic heterocycles. The molecule has 1 N–H and O–H groups in total. The van der Waals surface area contributed by atoms with Gasteiger partial charge in [0, 0.05) is 12.8 Å². The SMILES string of the molecule is CCCC1=C(C#N)C(c2ccc(F)cc2C(F)(F)F)C(C(=O)OC)=C(COC)N1. The van der Waals surface area contributed by atoms with Crippen molar-refractivity contribution >= 4 is 5.97 Å². The van der Waals surface area contributed by atoms with Crippen LogP contribution in [0.1, 0.15) is 36.8 Å². The number of carbonyl (C=O) groups is 1. The largest absolute Gasteiger partial charge is 0.466 e. The minimum absolute atomic E-state index is 0.0517. The van der Waals surface area contributed by atoms with Crippen molar-refractivity contribution in [1.29, 1.82) is 5.26 Å². The standard InChI is InChI=1S/C20H20F4N2O3/c1-4-5-15-13(9-25)17(18(19(27)29-3)16(26-15)10-28-2)12-7-6-11(21)8-14(12)20(22,23)24/h6-8,17,26H,4-5,10H2,1-3H3. The Labute approximate surface area is 165 Å². The Morgan fingerprint density at radius 3 is 2.48 bits per heavy atom. The van der Waals surface area contributed by atoms with Gasteiger partial charge in [0.15, 0.2) is 0 Å². The molecule has 0 radical (unpaired) electrons. The Morgan fingerprint density at radius 2 is 1.97 bits per heavy atom. The summed E-state index contributed by atoms with van der Waals surface area (Å²) < 4.78 is 64.5. The van der Waals surface area contributed by atoms with Crippen molar-refractivity contribution in [2.45, 2.75) is 31.9 Å². The summed E-state index contributed by atoms with van der Waals surface area (Å²) in [5, 5.41) is 12.7. The minimum Gasteiger partial charge on any atom is -0.466 e. The summed E-state index contributed by atoms with van der Waals surface area (Å²) in [5.74, 6) is -3.36. The van der Waals surface area contributed by atoms with Crippen molar-refractivity contribution in [3.63, 3.8) is 0 Å². The van der Waals surface area contributed by atoms with E-state index in [1.54, 1.807) is 0 Å². The fourth-order valence-electron chi connectivity index (χ4n) is 3.33. The molecule has 29 heavy (non-hydrogen) atoms. The highest BCUT2D eigenvalue weighted by atomic mass is 19.4. The van der Waals surface area contributed by atoms with Crippen LogP contribution >= 0.6 is 0 Å². The Balaban J connectivity index is 2.88. The third kappa shape index (κ3) is 4.59. The van der Waals surface area contributed by atoms with Crippen LogP contribution in [0.25, 0.3) is 0 Å². The summed E-state index contributed by atoms with van der Waals surface area (Å²) in [4.78, 5) is 12.5. The number of esters is 1. The molecule has 0 fully saturated rings. The van der Waals surface area contributed by atoms with Gasteiger partial charge in [-0.05, 0) is 24.1 Å². The molecule has 5 nitrogen and oxygen atoms in total. The van der Waals surface area contributed by atoms with Gasteiger partial charge in [0.25, 0.3) is 0 Å². The van der Waals surface area contributed by atoms with E-state index in [4.69, 9.17) is 9.47 Å². The fraction of sp³-hybridized carbons (Fsp3) is 0.400. The van der Waals surface area contributed by atoms with Crippen LogP contribution in [0.5, 0.6) is 0 Å². The number of nitrogens with one attached hydrogen (secondary N) is 1. The molecule has 0 saturated carbocycles. The lowest BCUT2D eigenvalue weighted by molar-refractivity contribution is -0.139. The van der Waals surface area contributed by atoms with Crippen LogP contribution in [0, 0.1) is 17.1 Å². The van der Waals surface area contributed by atoms with Crippen molar-refractivity contribution in [1.82, 2.24) is 5.32 Å². The Bertz CT molecular complexity index is 898. The second-order valence-electron chi connectivity index (χ2n) is 6.36. The highest BCUT2D eigenvalue weighted by Gasteiger charge is 2.42. The number of alkyl halides is 3. The number of nitriles is 1. The number of rotatable bonds is 6.